The predicted octanol–water partition coefficient (Wildman–Crippen LogP) is 1.43. The molecule has 6 nitrogen and oxygen atoms in total. The van der Waals surface area contributed by atoms with E-state index >= 15 is 0 Å². The normalized spacial score (nSPS) is 13.8. The Morgan fingerprint density at radius 1 is 1.43 bits per heavy atom. The van der Waals surface area contributed by atoms with Gasteiger partial charge >= 0.3 is 0 Å². The van der Waals surface area contributed by atoms with E-state index in [0.717, 1.165) is 19.0 Å². The number of hydrogen-bond acceptors (Lipinski definition) is 4. The molecule has 7 heteroatoms. The number of benzene rings is 1. The Morgan fingerprint density at radius 2 is 2.17 bits per heavy atom. The zero-order valence-electron chi connectivity index (χ0n) is 12.5. The summed E-state index contributed by atoms with van der Waals surface area (Å²) in [5.74, 6) is -1.74. The predicted molar refractivity (Wildman–Crippen MR) is 81.5 cm³/mol. The minimum atomic E-state index is -0.578. The van der Waals surface area contributed by atoms with E-state index in [-0.39, 0.29) is 40.7 Å². The second kappa shape index (κ2) is 5.83. The summed E-state index contributed by atoms with van der Waals surface area (Å²) >= 11 is 0. The molecule has 1 aromatic heterocycles. The molecule has 1 aromatic carbocycles. The third-order valence-electron chi connectivity index (χ3n) is 3.71. The van der Waals surface area contributed by atoms with E-state index in [2.05, 4.69) is 10.3 Å². The zero-order chi connectivity index (χ0) is 16.6. The maximum absolute atomic E-state index is 13.8. The van der Waals surface area contributed by atoms with Crippen molar-refractivity contribution in [2.75, 3.05) is 13.6 Å². The van der Waals surface area contributed by atoms with Crippen molar-refractivity contribution in [3.05, 3.63) is 35.8 Å². The molecule has 0 unspecified atom stereocenters. The maximum Gasteiger partial charge on any atom is 0.258 e. The molecule has 1 aliphatic carbocycles. The molecule has 3 rings (SSSR count). The van der Waals surface area contributed by atoms with Crippen LogP contribution in [0, 0.1) is 5.82 Å². The summed E-state index contributed by atoms with van der Waals surface area (Å²) in [5.41, 5.74) is -0.0549. The minimum Gasteiger partial charge on any atom is -0.505 e. The molecule has 1 saturated carbocycles. The van der Waals surface area contributed by atoms with E-state index < -0.39 is 11.7 Å². The number of amides is 2. The molecule has 0 saturated heterocycles. The Hall–Kier alpha value is -2.70. The molecule has 1 fully saturated rings. The van der Waals surface area contributed by atoms with Crippen LogP contribution in [-0.4, -0.2) is 46.4 Å². The average Bonchev–Trinajstić information content (AvgIpc) is 3.30. The van der Waals surface area contributed by atoms with Gasteiger partial charge in [-0.1, -0.05) is 12.1 Å². The largest absolute Gasteiger partial charge is 0.505 e. The lowest BCUT2D eigenvalue weighted by atomic mass is 10.1. The van der Waals surface area contributed by atoms with Crippen molar-refractivity contribution in [2.24, 2.45) is 0 Å². The van der Waals surface area contributed by atoms with Gasteiger partial charge in [-0.05, 0) is 18.9 Å². The Morgan fingerprint density at radius 3 is 2.87 bits per heavy atom. The van der Waals surface area contributed by atoms with Crippen LogP contribution in [0.3, 0.4) is 0 Å². The fraction of sp³-hybridized carbons (Fsp3) is 0.312. The lowest BCUT2D eigenvalue weighted by Crippen LogP contribution is -2.39. The van der Waals surface area contributed by atoms with E-state index in [1.54, 1.807) is 0 Å². The Kier molecular flexibility index (Phi) is 3.85. The van der Waals surface area contributed by atoms with Gasteiger partial charge in [0.15, 0.2) is 0 Å². The van der Waals surface area contributed by atoms with Gasteiger partial charge < -0.3 is 15.3 Å². The first-order valence-corrected chi connectivity index (χ1v) is 7.28. The summed E-state index contributed by atoms with van der Waals surface area (Å²) in [6.07, 6.45) is 2.95. The molecule has 1 aliphatic rings. The van der Waals surface area contributed by atoms with Gasteiger partial charge in [0.05, 0.1) is 18.3 Å². The highest BCUT2D eigenvalue weighted by atomic mass is 19.1. The molecule has 0 bridgehead atoms. The highest BCUT2D eigenvalue weighted by molar-refractivity contribution is 6.09. The van der Waals surface area contributed by atoms with Crippen LogP contribution < -0.4 is 5.32 Å². The number of carbonyl (C=O) groups is 2. The highest BCUT2D eigenvalue weighted by Gasteiger charge is 2.26. The van der Waals surface area contributed by atoms with Crippen molar-refractivity contribution in [3.63, 3.8) is 0 Å². The van der Waals surface area contributed by atoms with Crippen LogP contribution in [0.1, 0.15) is 23.2 Å². The lowest BCUT2D eigenvalue weighted by molar-refractivity contribution is -0.121. The fourth-order valence-corrected chi connectivity index (χ4v) is 2.38. The standard InChI is InChI=1S/C16H16FN3O3/c1-20(8-13(22)19-9-5-6-9)16(23)14-10-3-2-4-11(17)15(10)18-7-12(14)21/h2-4,7,9,21H,5-6,8H2,1H3,(H,19,22). The molecule has 2 aromatic rings. The quantitative estimate of drug-likeness (QED) is 0.894. The number of carbonyl (C=O) groups excluding carboxylic acids is 2. The summed E-state index contributed by atoms with van der Waals surface area (Å²) in [6, 6.07) is 4.38. The molecule has 1 heterocycles. The highest BCUT2D eigenvalue weighted by Crippen LogP contribution is 2.27. The third kappa shape index (κ3) is 3.08. The van der Waals surface area contributed by atoms with Gasteiger partial charge in [-0.3, -0.25) is 9.59 Å². The average molecular weight is 317 g/mol. The third-order valence-corrected chi connectivity index (χ3v) is 3.71. The molecule has 23 heavy (non-hydrogen) atoms. The van der Waals surface area contributed by atoms with Crippen molar-refractivity contribution >= 4 is 22.7 Å². The molecular weight excluding hydrogens is 301 g/mol. The van der Waals surface area contributed by atoms with Gasteiger partial charge in [-0.25, -0.2) is 9.37 Å². The zero-order valence-corrected chi connectivity index (χ0v) is 12.5. The molecule has 0 spiro atoms. The number of aromatic hydroxyl groups is 1. The van der Waals surface area contributed by atoms with E-state index in [4.69, 9.17) is 0 Å². The molecule has 0 radical (unpaired) electrons. The maximum atomic E-state index is 13.8. The minimum absolute atomic E-state index is 0.00415. The summed E-state index contributed by atoms with van der Waals surface area (Å²) < 4.78 is 13.8. The van der Waals surface area contributed by atoms with Crippen molar-refractivity contribution in [1.82, 2.24) is 15.2 Å². The van der Waals surface area contributed by atoms with Crippen LogP contribution in [0.4, 0.5) is 4.39 Å². The van der Waals surface area contributed by atoms with Gasteiger partial charge in [0.1, 0.15) is 17.1 Å². The van der Waals surface area contributed by atoms with Crippen molar-refractivity contribution in [2.45, 2.75) is 18.9 Å². The van der Waals surface area contributed by atoms with Gasteiger partial charge in [-0.15, -0.1) is 0 Å². The Labute approximate surface area is 131 Å². The summed E-state index contributed by atoms with van der Waals surface area (Å²) in [4.78, 5) is 29.4. The van der Waals surface area contributed by atoms with Crippen LogP contribution in [0.2, 0.25) is 0 Å². The first kappa shape index (κ1) is 15.2. The van der Waals surface area contributed by atoms with E-state index in [1.807, 2.05) is 0 Å². The molecule has 0 aliphatic heterocycles. The number of likely N-dealkylation sites (N-methyl/N-ethyl adjacent to an activating group) is 1. The second-order valence-corrected chi connectivity index (χ2v) is 5.66. The van der Waals surface area contributed by atoms with Crippen molar-refractivity contribution in [1.29, 1.82) is 0 Å². The van der Waals surface area contributed by atoms with Crippen molar-refractivity contribution < 1.29 is 19.1 Å². The first-order valence-electron chi connectivity index (χ1n) is 7.28. The van der Waals surface area contributed by atoms with Crippen molar-refractivity contribution in [3.8, 4) is 5.75 Å². The van der Waals surface area contributed by atoms with Crippen LogP contribution in [0.15, 0.2) is 24.4 Å². The Balaban J connectivity index is 1.88. The fourth-order valence-electron chi connectivity index (χ4n) is 2.38. The van der Waals surface area contributed by atoms with Gasteiger partial charge in [-0.2, -0.15) is 0 Å². The van der Waals surface area contributed by atoms with E-state index in [9.17, 15) is 19.1 Å². The number of para-hydroxylation sites is 1. The molecule has 2 amide bonds. The summed E-state index contributed by atoms with van der Waals surface area (Å²) in [6.45, 7) is -0.131. The molecule has 0 atom stereocenters. The van der Waals surface area contributed by atoms with Crippen LogP contribution in [-0.2, 0) is 4.79 Å². The topological polar surface area (TPSA) is 82.5 Å². The van der Waals surface area contributed by atoms with E-state index in [1.165, 1.54) is 30.1 Å². The van der Waals surface area contributed by atoms with Crippen LogP contribution >= 0.6 is 0 Å². The molecular formula is C16H16FN3O3. The number of fused-ring (bicyclic) bond motifs is 1. The number of aromatic nitrogens is 1. The lowest BCUT2D eigenvalue weighted by Gasteiger charge is -2.18. The number of hydrogen-bond donors (Lipinski definition) is 2. The number of nitrogens with zero attached hydrogens (tertiary/aromatic N) is 2. The second-order valence-electron chi connectivity index (χ2n) is 5.66. The van der Waals surface area contributed by atoms with Crippen LogP contribution in [0.25, 0.3) is 10.9 Å². The van der Waals surface area contributed by atoms with Crippen LogP contribution in [0.5, 0.6) is 5.75 Å². The monoisotopic (exact) mass is 317 g/mol. The summed E-state index contributed by atoms with van der Waals surface area (Å²) in [7, 11) is 1.46. The number of halogens is 1. The first-order chi connectivity index (χ1) is 11.0. The Bertz CT molecular complexity index is 789. The summed E-state index contributed by atoms with van der Waals surface area (Å²) in [5, 5.41) is 13.0. The molecule has 120 valence electrons. The number of nitrogens with one attached hydrogen (secondary N) is 1. The van der Waals surface area contributed by atoms with Gasteiger partial charge in [0, 0.05) is 18.5 Å². The molecule has 2 N–H and O–H groups in total. The van der Waals surface area contributed by atoms with Gasteiger partial charge in [0.2, 0.25) is 5.91 Å². The number of pyridine rings is 1. The number of rotatable bonds is 4. The van der Waals surface area contributed by atoms with E-state index in [0.29, 0.717) is 0 Å². The SMILES string of the molecule is CN(CC(=O)NC1CC1)C(=O)c1c(O)cnc2c(F)cccc12. The van der Waals surface area contributed by atoms with Gasteiger partial charge in [0.25, 0.3) is 5.91 Å². The smallest absolute Gasteiger partial charge is 0.258 e.